The average molecular weight is 203 g/mol. The Balaban J connectivity index is 2.13. The molecule has 0 saturated heterocycles. The van der Waals surface area contributed by atoms with E-state index in [2.05, 4.69) is 5.32 Å². The summed E-state index contributed by atoms with van der Waals surface area (Å²) in [5.74, 6) is -1.61. The summed E-state index contributed by atoms with van der Waals surface area (Å²) in [6.07, 6.45) is 0.422. The zero-order chi connectivity index (χ0) is 10.6. The van der Waals surface area contributed by atoms with Gasteiger partial charge in [0.2, 0.25) is 5.91 Å². The Labute approximate surface area is 85.9 Å². The summed E-state index contributed by atoms with van der Waals surface area (Å²) >= 11 is 0. The fraction of sp³-hybridized carbons (Fsp3) is 0.273. The number of carbonyl (C=O) groups excluding carboxylic acids is 1. The molecule has 0 radical (unpaired) electrons. The molecule has 1 aromatic rings. The minimum atomic E-state index is -0.887. The molecule has 4 nitrogen and oxygen atoms in total. The lowest BCUT2D eigenvalue weighted by Gasteiger charge is -2.04. The van der Waals surface area contributed by atoms with Gasteiger partial charge in [-0.05, 0) is 18.1 Å². The predicted octanol–water partition coefficient (Wildman–Crippen LogP) is 0.981. The van der Waals surface area contributed by atoms with E-state index in [9.17, 15) is 9.59 Å². The van der Waals surface area contributed by atoms with Gasteiger partial charge in [-0.3, -0.25) is 9.59 Å². The van der Waals surface area contributed by atoms with Gasteiger partial charge in [0.1, 0.15) is 0 Å². The van der Waals surface area contributed by atoms with Crippen molar-refractivity contribution in [2.24, 2.45) is 5.92 Å². The smallest absolute Gasteiger partial charge is 0.307 e. The van der Waals surface area contributed by atoms with Gasteiger partial charge in [-0.15, -0.1) is 0 Å². The molecule has 2 N–H and O–H groups in total. The fourth-order valence-corrected chi connectivity index (χ4v) is 2.45. The third kappa shape index (κ3) is 0.862. The monoisotopic (exact) mass is 203 g/mol. The summed E-state index contributed by atoms with van der Waals surface area (Å²) in [7, 11) is 0. The molecular weight excluding hydrogens is 194 g/mol. The first-order valence-corrected chi connectivity index (χ1v) is 4.80. The zero-order valence-electron chi connectivity index (χ0n) is 7.86. The molecule has 1 fully saturated rings. The summed E-state index contributed by atoms with van der Waals surface area (Å²) < 4.78 is 0. The van der Waals surface area contributed by atoms with Crippen LogP contribution in [0.15, 0.2) is 24.3 Å². The standard InChI is InChI=1S/C11H9NO3/c13-9(14)7-5-11(7)6-3-1-2-4-8(6)12-10(11)15/h1-4,7H,5H2,(H,12,15)(H,13,14)/t7-,11-/m0/s1. The average Bonchev–Trinajstić information content (AvgIpc) is 2.88. The van der Waals surface area contributed by atoms with Crippen LogP contribution >= 0.6 is 0 Å². The molecule has 1 aromatic carbocycles. The number of fused-ring (bicyclic) bond motifs is 2. The van der Waals surface area contributed by atoms with Gasteiger partial charge in [0, 0.05) is 5.69 Å². The van der Waals surface area contributed by atoms with Crippen molar-refractivity contribution in [1.82, 2.24) is 0 Å². The van der Waals surface area contributed by atoms with Crippen LogP contribution in [-0.4, -0.2) is 17.0 Å². The van der Waals surface area contributed by atoms with Gasteiger partial charge in [-0.1, -0.05) is 18.2 Å². The molecule has 0 unspecified atom stereocenters. The number of para-hydroxylation sites is 1. The molecule has 1 aliphatic heterocycles. The normalized spacial score (nSPS) is 31.2. The first-order valence-electron chi connectivity index (χ1n) is 4.80. The van der Waals surface area contributed by atoms with Crippen LogP contribution in [0.4, 0.5) is 5.69 Å². The van der Waals surface area contributed by atoms with E-state index in [1.165, 1.54) is 0 Å². The van der Waals surface area contributed by atoms with Gasteiger partial charge in [-0.25, -0.2) is 0 Å². The number of carbonyl (C=O) groups is 2. The van der Waals surface area contributed by atoms with E-state index in [-0.39, 0.29) is 5.91 Å². The minimum absolute atomic E-state index is 0.170. The SMILES string of the molecule is O=C(O)[C@@H]1C[C@@]12C(=O)Nc1ccccc12. The Hall–Kier alpha value is -1.84. The van der Waals surface area contributed by atoms with Crippen LogP contribution in [0.3, 0.4) is 0 Å². The number of aliphatic carboxylic acids is 1. The number of carboxylic acid groups (broad SMARTS) is 1. The number of rotatable bonds is 1. The topological polar surface area (TPSA) is 66.4 Å². The molecule has 1 aliphatic carbocycles. The lowest BCUT2D eigenvalue weighted by atomic mass is 9.95. The van der Waals surface area contributed by atoms with E-state index in [0.29, 0.717) is 6.42 Å². The molecule has 2 aliphatic rings. The second-order valence-electron chi connectivity index (χ2n) is 4.07. The van der Waals surface area contributed by atoms with E-state index in [4.69, 9.17) is 5.11 Å². The number of hydrogen-bond acceptors (Lipinski definition) is 2. The Morgan fingerprint density at radius 3 is 2.87 bits per heavy atom. The van der Waals surface area contributed by atoms with Crippen LogP contribution < -0.4 is 5.32 Å². The summed E-state index contributed by atoms with van der Waals surface area (Å²) in [6.45, 7) is 0. The van der Waals surface area contributed by atoms with Gasteiger partial charge in [0.15, 0.2) is 0 Å². The Morgan fingerprint density at radius 2 is 2.20 bits per heavy atom. The van der Waals surface area contributed by atoms with E-state index in [1.807, 2.05) is 18.2 Å². The van der Waals surface area contributed by atoms with Crippen LogP contribution in [0.25, 0.3) is 0 Å². The van der Waals surface area contributed by atoms with Crippen LogP contribution in [0.1, 0.15) is 12.0 Å². The largest absolute Gasteiger partial charge is 0.481 e. The van der Waals surface area contributed by atoms with Gasteiger partial charge >= 0.3 is 5.97 Å². The van der Waals surface area contributed by atoms with Crippen molar-refractivity contribution < 1.29 is 14.7 Å². The molecule has 76 valence electrons. The number of benzene rings is 1. The number of nitrogens with one attached hydrogen (secondary N) is 1. The summed E-state index contributed by atoms with van der Waals surface area (Å²) in [5.41, 5.74) is 0.816. The number of hydrogen-bond donors (Lipinski definition) is 2. The van der Waals surface area contributed by atoms with E-state index in [0.717, 1.165) is 11.3 Å². The highest BCUT2D eigenvalue weighted by Gasteiger charge is 2.68. The van der Waals surface area contributed by atoms with Crippen molar-refractivity contribution in [1.29, 1.82) is 0 Å². The molecule has 15 heavy (non-hydrogen) atoms. The van der Waals surface area contributed by atoms with Crippen molar-refractivity contribution in [3.05, 3.63) is 29.8 Å². The van der Waals surface area contributed by atoms with Crippen molar-refractivity contribution in [3.8, 4) is 0 Å². The molecule has 2 atom stereocenters. The lowest BCUT2D eigenvalue weighted by molar-refractivity contribution is -0.140. The van der Waals surface area contributed by atoms with Crippen molar-refractivity contribution in [2.45, 2.75) is 11.8 Å². The molecular formula is C11H9NO3. The minimum Gasteiger partial charge on any atom is -0.481 e. The lowest BCUT2D eigenvalue weighted by Crippen LogP contribution is -2.23. The van der Waals surface area contributed by atoms with E-state index < -0.39 is 17.3 Å². The van der Waals surface area contributed by atoms with Gasteiger partial charge in [0.05, 0.1) is 11.3 Å². The first-order chi connectivity index (χ1) is 7.16. The van der Waals surface area contributed by atoms with Crippen LogP contribution in [0.2, 0.25) is 0 Å². The van der Waals surface area contributed by atoms with Crippen LogP contribution in [0, 0.1) is 5.92 Å². The van der Waals surface area contributed by atoms with Gasteiger partial charge in [-0.2, -0.15) is 0 Å². The molecule has 0 aromatic heterocycles. The Bertz CT molecular complexity index is 482. The van der Waals surface area contributed by atoms with Crippen LogP contribution in [0.5, 0.6) is 0 Å². The molecule has 1 spiro atoms. The molecule has 1 amide bonds. The van der Waals surface area contributed by atoms with Crippen LogP contribution in [-0.2, 0) is 15.0 Å². The molecule has 3 rings (SSSR count). The zero-order valence-corrected chi connectivity index (χ0v) is 7.86. The highest BCUT2D eigenvalue weighted by molar-refractivity contribution is 6.11. The third-order valence-electron chi connectivity index (χ3n) is 3.32. The maximum atomic E-state index is 11.8. The second kappa shape index (κ2) is 2.39. The van der Waals surface area contributed by atoms with Gasteiger partial charge < -0.3 is 10.4 Å². The summed E-state index contributed by atoms with van der Waals surface area (Å²) in [5, 5.41) is 11.7. The summed E-state index contributed by atoms with van der Waals surface area (Å²) in [6, 6.07) is 7.30. The molecule has 1 heterocycles. The van der Waals surface area contributed by atoms with E-state index in [1.54, 1.807) is 6.07 Å². The number of amides is 1. The quantitative estimate of drug-likeness (QED) is 0.715. The first kappa shape index (κ1) is 8.47. The Morgan fingerprint density at radius 1 is 1.47 bits per heavy atom. The maximum absolute atomic E-state index is 11.8. The van der Waals surface area contributed by atoms with Gasteiger partial charge in [0.25, 0.3) is 0 Å². The van der Waals surface area contributed by atoms with E-state index >= 15 is 0 Å². The highest BCUT2D eigenvalue weighted by atomic mass is 16.4. The number of anilines is 1. The highest BCUT2D eigenvalue weighted by Crippen LogP contribution is 2.59. The predicted molar refractivity (Wildman–Crippen MR) is 52.5 cm³/mol. The summed E-state index contributed by atoms with van der Waals surface area (Å²) in [4.78, 5) is 22.7. The van der Waals surface area contributed by atoms with Crippen molar-refractivity contribution in [2.75, 3.05) is 5.32 Å². The Kier molecular flexibility index (Phi) is 1.35. The molecule has 4 heteroatoms. The van der Waals surface area contributed by atoms with Crippen molar-refractivity contribution in [3.63, 3.8) is 0 Å². The second-order valence-corrected chi connectivity index (χ2v) is 4.07. The molecule has 0 bridgehead atoms. The third-order valence-corrected chi connectivity index (χ3v) is 3.32. The van der Waals surface area contributed by atoms with Crippen molar-refractivity contribution >= 4 is 17.6 Å². The fourth-order valence-electron chi connectivity index (χ4n) is 2.45. The number of carboxylic acids is 1. The maximum Gasteiger partial charge on any atom is 0.307 e. The molecule has 1 saturated carbocycles.